The van der Waals surface area contributed by atoms with Gasteiger partial charge in [-0.3, -0.25) is 0 Å². The highest BCUT2D eigenvalue weighted by molar-refractivity contribution is 5.85. The minimum absolute atomic E-state index is 0.221. The molecule has 0 aliphatic heterocycles. The van der Waals surface area contributed by atoms with Crippen LogP contribution in [0.1, 0.15) is 39.5 Å². The predicted molar refractivity (Wildman–Crippen MR) is 62.0 cm³/mol. The molecule has 1 fully saturated rings. The monoisotopic (exact) mass is 213 g/mol. The maximum Gasteiger partial charge on any atom is 0.144 e. The molecule has 4 nitrogen and oxygen atoms in total. The lowest BCUT2D eigenvalue weighted by molar-refractivity contribution is 0.305. The lowest BCUT2D eigenvalue weighted by atomic mass is 9.88. The fourth-order valence-electron chi connectivity index (χ4n) is 1.50. The molecule has 0 bridgehead atoms. The smallest absolute Gasteiger partial charge is 0.144 e. The van der Waals surface area contributed by atoms with Crippen LogP contribution >= 0.6 is 0 Å². The van der Waals surface area contributed by atoms with E-state index in [1.165, 1.54) is 19.3 Å². The van der Waals surface area contributed by atoms with Gasteiger partial charge in [0.1, 0.15) is 5.84 Å². The van der Waals surface area contributed by atoms with Crippen LogP contribution in [0.2, 0.25) is 0 Å². The van der Waals surface area contributed by atoms with Crippen LogP contribution in [0.5, 0.6) is 0 Å². The van der Waals surface area contributed by atoms with Crippen LogP contribution in [0, 0.1) is 11.3 Å². The van der Waals surface area contributed by atoms with E-state index in [-0.39, 0.29) is 5.41 Å². The molecule has 88 valence electrons. The van der Waals surface area contributed by atoms with E-state index in [1.54, 1.807) is 0 Å². The molecule has 15 heavy (non-hydrogen) atoms. The molecule has 0 aromatic carbocycles. The van der Waals surface area contributed by atoms with Crippen LogP contribution < -0.4 is 11.1 Å². The van der Waals surface area contributed by atoms with Gasteiger partial charge in [-0.2, -0.15) is 0 Å². The predicted octanol–water partition coefficient (Wildman–Crippen LogP) is 1.54. The second kappa shape index (κ2) is 5.35. The first-order chi connectivity index (χ1) is 7.06. The van der Waals surface area contributed by atoms with Crippen molar-refractivity contribution in [3.63, 3.8) is 0 Å². The number of amidine groups is 1. The highest BCUT2D eigenvalue weighted by Crippen LogP contribution is 2.31. The van der Waals surface area contributed by atoms with Gasteiger partial charge in [0.05, 0.1) is 0 Å². The first kappa shape index (κ1) is 12.3. The molecule has 4 heteroatoms. The van der Waals surface area contributed by atoms with E-state index in [9.17, 15) is 0 Å². The van der Waals surface area contributed by atoms with Crippen molar-refractivity contribution in [1.82, 2.24) is 5.32 Å². The average Bonchev–Trinajstić information content (AvgIpc) is 2.99. The van der Waals surface area contributed by atoms with Gasteiger partial charge in [0, 0.05) is 5.41 Å². The summed E-state index contributed by atoms with van der Waals surface area (Å²) in [6.07, 6.45) is 5.02. The fraction of sp³-hybridized carbons (Fsp3) is 0.909. The molecule has 1 aliphatic carbocycles. The van der Waals surface area contributed by atoms with Crippen molar-refractivity contribution >= 4 is 5.84 Å². The lowest BCUT2D eigenvalue weighted by Crippen LogP contribution is -2.35. The van der Waals surface area contributed by atoms with Crippen LogP contribution in [-0.2, 0) is 0 Å². The van der Waals surface area contributed by atoms with E-state index < -0.39 is 0 Å². The Morgan fingerprint density at radius 2 is 2.13 bits per heavy atom. The molecular formula is C11H23N3O. The molecule has 0 heterocycles. The Balaban J connectivity index is 2.06. The van der Waals surface area contributed by atoms with Gasteiger partial charge in [-0.25, -0.2) is 0 Å². The van der Waals surface area contributed by atoms with Crippen molar-refractivity contribution in [2.24, 2.45) is 22.2 Å². The standard InChI is InChI=1S/C11H23N3O/c1-11(2,10(12)14-15)6-8-13-7-5-9-3-4-9/h9,13,15H,3-8H2,1-2H3,(H2,12,14). The highest BCUT2D eigenvalue weighted by atomic mass is 16.4. The molecule has 0 spiro atoms. The van der Waals surface area contributed by atoms with Gasteiger partial charge in [0.25, 0.3) is 0 Å². The Kier molecular flexibility index (Phi) is 4.39. The second-order valence-corrected chi connectivity index (χ2v) is 5.10. The summed E-state index contributed by atoms with van der Waals surface area (Å²) in [7, 11) is 0. The molecule has 0 atom stereocenters. The number of nitrogens with one attached hydrogen (secondary N) is 1. The third-order valence-electron chi connectivity index (χ3n) is 3.15. The summed E-state index contributed by atoms with van der Waals surface area (Å²) in [4.78, 5) is 0. The number of hydrogen-bond acceptors (Lipinski definition) is 3. The van der Waals surface area contributed by atoms with E-state index in [4.69, 9.17) is 10.9 Å². The quantitative estimate of drug-likeness (QED) is 0.197. The van der Waals surface area contributed by atoms with Crippen molar-refractivity contribution in [2.75, 3.05) is 13.1 Å². The maximum absolute atomic E-state index is 8.60. The first-order valence-corrected chi connectivity index (χ1v) is 5.75. The van der Waals surface area contributed by atoms with Crippen molar-refractivity contribution in [1.29, 1.82) is 0 Å². The Morgan fingerprint density at radius 3 is 2.67 bits per heavy atom. The summed E-state index contributed by atoms with van der Waals surface area (Å²) in [5, 5.41) is 15.1. The topological polar surface area (TPSA) is 70.6 Å². The van der Waals surface area contributed by atoms with Crippen molar-refractivity contribution in [3.05, 3.63) is 0 Å². The molecule has 0 saturated heterocycles. The van der Waals surface area contributed by atoms with Gasteiger partial charge in [0.2, 0.25) is 0 Å². The van der Waals surface area contributed by atoms with Gasteiger partial charge in [0.15, 0.2) is 0 Å². The number of hydrogen-bond donors (Lipinski definition) is 3. The fourth-order valence-corrected chi connectivity index (χ4v) is 1.50. The molecule has 1 saturated carbocycles. The molecular weight excluding hydrogens is 190 g/mol. The summed E-state index contributed by atoms with van der Waals surface area (Å²) >= 11 is 0. The summed E-state index contributed by atoms with van der Waals surface area (Å²) in [6, 6.07) is 0. The van der Waals surface area contributed by atoms with Gasteiger partial charge in [-0.05, 0) is 31.8 Å². The zero-order valence-electron chi connectivity index (χ0n) is 9.79. The minimum atomic E-state index is -0.221. The number of nitrogens with two attached hydrogens (primary N) is 1. The van der Waals surface area contributed by atoms with E-state index in [1.807, 2.05) is 13.8 Å². The summed E-state index contributed by atoms with van der Waals surface area (Å²) < 4.78 is 0. The molecule has 0 aromatic rings. The number of nitrogens with zero attached hydrogens (tertiary/aromatic N) is 1. The van der Waals surface area contributed by atoms with Crippen LogP contribution in [0.15, 0.2) is 5.16 Å². The first-order valence-electron chi connectivity index (χ1n) is 5.75. The Morgan fingerprint density at radius 1 is 1.47 bits per heavy atom. The molecule has 0 unspecified atom stereocenters. The Labute approximate surface area is 91.9 Å². The van der Waals surface area contributed by atoms with Crippen LogP contribution in [0.4, 0.5) is 0 Å². The number of oxime groups is 1. The average molecular weight is 213 g/mol. The molecule has 1 rings (SSSR count). The molecule has 0 aromatic heterocycles. The molecule has 4 N–H and O–H groups in total. The molecule has 1 aliphatic rings. The molecule has 0 radical (unpaired) electrons. The molecule has 0 amide bonds. The van der Waals surface area contributed by atoms with E-state index in [0.29, 0.717) is 5.84 Å². The zero-order valence-corrected chi connectivity index (χ0v) is 9.79. The Hall–Kier alpha value is -0.770. The van der Waals surface area contributed by atoms with E-state index >= 15 is 0 Å². The maximum atomic E-state index is 8.60. The van der Waals surface area contributed by atoms with Gasteiger partial charge >= 0.3 is 0 Å². The third-order valence-corrected chi connectivity index (χ3v) is 3.15. The van der Waals surface area contributed by atoms with Gasteiger partial charge in [-0.1, -0.05) is 31.8 Å². The minimum Gasteiger partial charge on any atom is -0.409 e. The van der Waals surface area contributed by atoms with E-state index in [0.717, 1.165) is 25.4 Å². The van der Waals surface area contributed by atoms with Crippen molar-refractivity contribution in [3.8, 4) is 0 Å². The van der Waals surface area contributed by atoms with Crippen molar-refractivity contribution in [2.45, 2.75) is 39.5 Å². The SMILES string of the molecule is CC(C)(CCNCCC1CC1)C(N)=NO. The summed E-state index contributed by atoms with van der Waals surface area (Å²) in [5.41, 5.74) is 5.38. The third kappa shape index (κ3) is 4.51. The normalized spacial score (nSPS) is 18.1. The number of rotatable bonds is 7. The zero-order chi connectivity index (χ0) is 11.3. The van der Waals surface area contributed by atoms with Crippen LogP contribution in [0.25, 0.3) is 0 Å². The Bertz CT molecular complexity index is 222. The summed E-state index contributed by atoms with van der Waals surface area (Å²) in [5.74, 6) is 1.29. The van der Waals surface area contributed by atoms with Crippen LogP contribution in [-0.4, -0.2) is 24.1 Å². The van der Waals surface area contributed by atoms with Crippen LogP contribution in [0.3, 0.4) is 0 Å². The largest absolute Gasteiger partial charge is 0.409 e. The summed E-state index contributed by atoms with van der Waals surface area (Å²) in [6.45, 7) is 6.00. The second-order valence-electron chi connectivity index (χ2n) is 5.10. The van der Waals surface area contributed by atoms with Gasteiger partial charge < -0.3 is 16.3 Å². The highest BCUT2D eigenvalue weighted by Gasteiger charge is 2.23. The van der Waals surface area contributed by atoms with Crippen molar-refractivity contribution < 1.29 is 5.21 Å². The van der Waals surface area contributed by atoms with E-state index in [2.05, 4.69) is 10.5 Å². The van der Waals surface area contributed by atoms with Gasteiger partial charge in [-0.15, -0.1) is 0 Å². The lowest BCUT2D eigenvalue weighted by Gasteiger charge is -2.22.